The topological polar surface area (TPSA) is 80.2 Å². The Morgan fingerprint density at radius 2 is 1.90 bits per heavy atom. The molecule has 2 aromatic heterocycles. The fourth-order valence-electron chi connectivity index (χ4n) is 3.44. The number of imidazole rings is 1. The molecule has 1 N–H and O–H groups in total. The maximum atomic E-state index is 13.6. The maximum absolute atomic E-state index is 13.6. The summed E-state index contributed by atoms with van der Waals surface area (Å²) < 4.78 is 33.3. The zero-order chi connectivity index (χ0) is 22.2. The number of hydrogen-bond acceptors (Lipinski definition) is 4. The second-order valence-electron chi connectivity index (χ2n) is 7.40. The molecule has 0 aliphatic heterocycles. The average Bonchev–Trinajstić information content (AvgIpc) is 3.16. The second-order valence-corrected chi connectivity index (χ2v) is 7.40. The van der Waals surface area contributed by atoms with E-state index in [1.165, 1.54) is 11.9 Å². The lowest BCUT2D eigenvalue weighted by Crippen LogP contribution is -2.28. The molecule has 1 amide bonds. The van der Waals surface area contributed by atoms with E-state index in [-0.39, 0.29) is 24.2 Å². The van der Waals surface area contributed by atoms with Crippen LogP contribution in [0.5, 0.6) is 0 Å². The van der Waals surface area contributed by atoms with Gasteiger partial charge in [-0.25, -0.2) is 9.78 Å². The van der Waals surface area contributed by atoms with Gasteiger partial charge in [0.05, 0.1) is 29.2 Å². The Kier molecular flexibility index (Phi) is 5.91. The van der Waals surface area contributed by atoms with Crippen LogP contribution in [-0.2, 0) is 11.3 Å². The summed E-state index contributed by atoms with van der Waals surface area (Å²) in [6.07, 6.45) is -0.296. The summed E-state index contributed by atoms with van der Waals surface area (Å²) >= 11 is 0. The lowest BCUT2D eigenvalue weighted by atomic mass is 10.1. The number of carbonyl (C=O) groups is 2. The van der Waals surface area contributed by atoms with Crippen LogP contribution in [0.15, 0.2) is 24.3 Å². The predicted molar refractivity (Wildman–Crippen MR) is 108 cm³/mol. The van der Waals surface area contributed by atoms with Crippen LogP contribution in [0.3, 0.4) is 0 Å². The summed E-state index contributed by atoms with van der Waals surface area (Å²) in [5.41, 5.74) is 2.21. The number of esters is 1. The highest BCUT2D eigenvalue weighted by atomic mass is 19.3. The fraction of sp³-hybridized carbons (Fsp3) is 0.381. The van der Waals surface area contributed by atoms with Gasteiger partial charge in [0.15, 0.2) is 0 Å². The summed E-state index contributed by atoms with van der Waals surface area (Å²) in [6.45, 7) is 3.89. The molecule has 0 bridgehead atoms. The van der Waals surface area contributed by atoms with Gasteiger partial charge >= 0.3 is 12.5 Å². The van der Waals surface area contributed by atoms with Gasteiger partial charge in [0.25, 0.3) is 5.91 Å². The van der Waals surface area contributed by atoms with Gasteiger partial charge in [-0.1, -0.05) is 12.1 Å². The van der Waals surface area contributed by atoms with Gasteiger partial charge in [0, 0.05) is 12.7 Å². The van der Waals surface area contributed by atoms with Crippen LogP contribution in [0.2, 0.25) is 0 Å². The molecular formula is C21H24F2N4O3. The zero-order valence-corrected chi connectivity index (χ0v) is 17.5. The number of H-pyrrole nitrogens is 1. The number of nitrogens with zero attached hydrogens (tertiary/aromatic N) is 3. The Hall–Kier alpha value is -3.23. The number of aryl methyl sites for hydroxylation is 1. The van der Waals surface area contributed by atoms with Crippen LogP contribution in [-0.4, -0.2) is 44.5 Å². The smallest absolute Gasteiger partial charge is 0.340 e. The van der Waals surface area contributed by atoms with E-state index in [2.05, 4.69) is 9.97 Å². The minimum absolute atomic E-state index is 0.0717. The minimum atomic E-state index is -2.79. The zero-order valence-electron chi connectivity index (χ0n) is 17.5. The van der Waals surface area contributed by atoms with Gasteiger partial charge in [-0.15, -0.1) is 0 Å². The van der Waals surface area contributed by atoms with Crippen molar-refractivity contribution in [3.63, 3.8) is 0 Å². The molecule has 7 nitrogen and oxygen atoms in total. The van der Waals surface area contributed by atoms with Gasteiger partial charge in [0.1, 0.15) is 11.5 Å². The molecule has 3 aromatic rings. The van der Waals surface area contributed by atoms with Crippen molar-refractivity contribution in [1.29, 1.82) is 0 Å². The highest BCUT2D eigenvalue weighted by Gasteiger charge is 2.27. The minimum Gasteiger partial charge on any atom is -0.459 e. The van der Waals surface area contributed by atoms with Crippen LogP contribution in [0.25, 0.3) is 11.0 Å². The highest BCUT2D eigenvalue weighted by Crippen LogP contribution is 2.25. The molecule has 0 fully saturated rings. The number of aromatic amines is 1. The Labute approximate surface area is 172 Å². The van der Waals surface area contributed by atoms with Crippen molar-refractivity contribution in [2.75, 3.05) is 7.05 Å². The number of fused-ring (bicyclic) bond motifs is 1. The summed E-state index contributed by atoms with van der Waals surface area (Å²) in [5.74, 6) is -0.882. The summed E-state index contributed by atoms with van der Waals surface area (Å²) in [6, 6.07) is 6.58. The highest BCUT2D eigenvalue weighted by molar-refractivity contribution is 6.00. The first-order chi connectivity index (χ1) is 14.1. The van der Waals surface area contributed by atoms with Crippen LogP contribution in [0.1, 0.15) is 58.3 Å². The van der Waals surface area contributed by atoms with Crippen LogP contribution in [0.4, 0.5) is 8.78 Å². The quantitative estimate of drug-likeness (QED) is 0.608. The largest absolute Gasteiger partial charge is 0.459 e. The van der Waals surface area contributed by atoms with Crippen molar-refractivity contribution in [2.24, 2.45) is 0 Å². The number of carbonyl (C=O) groups excluding carboxylic acids is 2. The summed E-state index contributed by atoms with van der Waals surface area (Å²) in [5, 5.41) is 0. The number of benzene rings is 1. The van der Waals surface area contributed by atoms with Crippen molar-refractivity contribution in [3.8, 4) is 0 Å². The fourth-order valence-corrected chi connectivity index (χ4v) is 3.44. The van der Waals surface area contributed by atoms with Crippen molar-refractivity contribution in [3.05, 3.63) is 52.6 Å². The van der Waals surface area contributed by atoms with Gasteiger partial charge in [-0.3, -0.25) is 9.36 Å². The monoisotopic (exact) mass is 418 g/mol. The predicted octanol–water partition coefficient (Wildman–Crippen LogP) is 4.21. The molecular weight excluding hydrogens is 394 g/mol. The third-order valence-electron chi connectivity index (χ3n) is 4.79. The number of hydrogen-bond donors (Lipinski definition) is 1. The van der Waals surface area contributed by atoms with Gasteiger partial charge < -0.3 is 14.6 Å². The van der Waals surface area contributed by atoms with Crippen LogP contribution in [0, 0.1) is 13.8 Å². The molecule has 30 heavy (non-hydrogen) atoms. The third-order valence-corrected chi connectivity index (χ3v) is 4.79. The van der Waals surface area contributed by atoms with E-state index in [4.69, 9.17) is 4.74 Å². The van der Waals surface area contributed by atoms with E-state index >= 15 is 0 Å². The Morgan fingerprint density at radius 3 is 2.53 bits per heavy atom. The van der Waals surface area contributed by atoms with E-state index in [1.807, 2.05) is 0 Å². The van der Waals surface area contributed by atoms with Crippen molar-refractivity contribution in [1.82, 2.24) is 19.4 Å². The summed E-state index contributed by atoms with van der Waals surface area (Å²) in [7, 11) is 1.50. The van der Waals surface area contributed by atoms with E-state index in [0.29, 0.717) is 27.9 Å². The van der Waals surface area contributed by atoms with E-state index in [0.717, 1.165) is 4.57 Å². The standard InChI is InChI=1S/C21H24F2N4O3/c1-11(2)30-20(29)17-12(3)18(24-13(17)4)19(28)26(5)10-16-25-14-8-6-7-9-15(14)27(16)21(22)23/h6-9,11,21,24H,10H2,1-5H3. The van der Waals surface area contributed by atoms with Gasteiger partial charge in [-0.2, -0.15) is 8.78 Å². The molecule has 0 aliphatic rings. The first-order valence-corrected chi connectivity index (χ1v) is 9.51. The van der Waals surface area contributed by atoms with Gasteiger partial charge in [0.2, 0.25) is 0 Å². The number of nitrogens with one attached hydrogen (secondary N) is 1. The Balaban J connectivity index is 1.90. The van der Waals surface area contributed by atoms with Gasteiger partial charge in [-0.05, 0) is 45.4 Å². The molecule has 0 aliphatic carbocycles. The molecule has 3 rings (SSSR count). The lowest BCUT2D eigenvalue weighted by molar-refractivity contribution is 0.0376. The number of aromatic nitrogens is 3. The molecule has 0 radical (unpaired) electrons. The first-order valence-electron chi connectivity index (χ1n) is 9.51. The lowest BCUT2D eigenvalue weighted by Gasteiger charge is -2.17. The molecule has 0 unspecified atom stereocenters. The molecule has 0 saturated heterocycles. The molecule has 2 heterocycles. The first kappa shape index (κ1) is 21.5. The number of rotatable bonds is 6. The molecule has 9 heteroatoms. The average molecular weight is 418 g/mol. The van der Waals surface area contributed by atoms with Crippen LogP contribution < -0.4 is 0 Å². The maximum Gasteiger partial charge on any atom is 0.340 e. The number of alkyl halides is 2. The molecule has 160 valence electrons. The van der Waals surface area contributed by atoms with E-state index < -0.39 is 18.4 Å². The number of amides is 1. The van der Waals surface area contributed by atoms with E-state index in [9.17, 15) is 18.4 Å². The van der Waals surface area contributed by atoms with Crippen LogP contribution >= 0.6 is 0 Å². The number of halogens is 2. The number of ether oxygens (including phenoxy) is 1. The third kappa shape index (κ3) is 3.92. The Morgan fingerprint density at radius 1 is 1.23 bits per heavy atom. The molecule has 0 spiro atoms. The van der Waals surface area contributed by atoms with Crippen molar-refractivity contribution >= 4 is 22.9 Å². The SMILES string of the molecule is Cc1[nH]c(C(=O)N(C)Cc2nc3ccccc3n2C(F)F)c(C)c1C(=O)OC(C)C. The molecule has 0 saturated carbocycles. The van der Waals surface area contributed by atoms with Crippen molar-refractivity contribution in [2.45, 2.75) is 46.9 Å². The second kappa shape index (κ2) is 8.25. The Bertz CT molecular complexity index is 1100. The summed E-state index contributed by atoms with van der Waals surface area (Å²) in [4.78, 5) is 33.8. The molecule has 0 atom stereocenters. The number of para-hydroxylation sites is 2. The molecule has 1 aromatic carbocycles. The van der Waals surface area contributed by atoms with E-state index in [1.54, 1.807) is 52.0 Å². The normalized spacial score (nSPS) is 11.5. The van der Waals surface area contributed by atoms with Crippen molar-refractivity contribution < 1.29 is 23.1 Å².